The zero-order valence-corrected chi connectivity index (χ0v) is 11.5. The van der Waals surface area contributed by atoms with Gasteiger partial charge in [-0.3, -0.25) is 0 Å². The van der Waals surface area contributed by atoms with E-state index in [1.54, 1.807) is 6.07 Å². The molecule has 0 fully saturated rings. The topological polar surface area (TPSA) is 44.5 Å². The molecule has 0 unspecified atom stereocenters. The molecule has 0 aliphatic rings. The van der Waals surface area contributed by atoms with Crippen molar-refractivity contribution in [3.63, 3.8) is 0 Å². The summed E-state index contributed by atoms with van der Waals surface area (Å²) in [6, 6.07) is 12.9. The summed E-state index contributed by atoms with van der Waals surface area (Å²) in [5.74, 6) is 1.53. The van der Waals surface area contributed by atoms with Gasteiger partial charge in [-0.25, -0.2) is 0 Å². The van der Waals surface area contributed by atoms with E-state index in [1.807, 2.05) is 43.3 Å². The van der Waals surface area contributed by atoms with Crippen molar-refractivity contribution < 1.29 is 9.47 Å². The van der Waals surface area contributed by atoms with Crippen molar-refractivity contribution in [2.75, 3.05) is 18.9 Å². The van der Waals surface area contributed by atoms with Crippen molar-refractivity contribution >= 4 is 17.3 Å². The summed E-state index contributed by atoms with van der Waals surface area (Å²) in [5, 5.41) is 0.660. The standard InChI is InChI=1S/C15H16ClNO2/c1-11-9-14(5-6-15(11)17)19-8-7-18-13-4-2-3-12(16)10-13/h2-6,9-10H,7-8,17H2,1H3. The Morgan fingerprint density at radius 2 is 1.68 bits per heavy atom. The van der Waals surface area contributed by atoms with Crippen LogP contribution in [0.3, 0.4) is 0 Å². The van der Waals surface area contributed by atoms with Gasteiger partial charge in [0.1, 0.15) is 24.7 Å². The lowest BCUT2D eigenvalue weighted by molar-refractivity contribution is 0.217. The zero-order valence-electron chi connectivity index (χ0n) is 10.7. The number of hydrogen-bond acceptors (Lipinski definition) is 3. The molecule has 0 bridgehead atoms. The van der Waals surface area contributed by atoms with Crippen molar-refractivity contribution in [3.8, 4) is 11.5 Å². The Kier molecular flexibility index (Phi) is 4.53. The third-order valence-corrected chi connectivity index (χ3v) is 2.89. The number of nitrogen functional groups attached to an aromatic ring is 1. The maximum atomic E-state index is 5.86. The lowest BCUT2D eigenvalue weighted by Gasteiger charge is -2.09. The van der Waals surface area contributed by atoms with Crippen LogP contribution in [0.4, 0.5) is 5.69 Å². The lowest BCUT2D eigenvalue weighted by atomic mass is 10.2. The Labute approximate surface area is 117 Å². The van der Waals surface area contributed by atoms with E-state index >= 15 is 0 Å². The van der Waals surface area contributed by atoms with Crippen LogP contribution in [-0.2, 0) is 0 Å². The third kappa shape index (κ3) is 4.07. The summed E-state index contributed by atoms with van der Waals surface area (Å²) in [5.41, 5.74) is 7.51. The first-order valence-corrected chi connectivity index (χ1v) is 6.40. The van der Waals surface area contributed by atoms with Crippen LogP contribution in [0.1, 0.15) is 5.56 Å². The van der Waals surface area contributed by atoms with Gasteiger partial charge in [-0.2, -0.15) is 0 Å². The van der Waals surface area contributed by atoms with Gasteiger partial charge < -0.3 is 15.2 Å². The van der Waals surface area contributed by atoms with Gasteiger partial charge in [-0.05, 0) is 48.9 Å². The van der Waals surface area contributed by atoms with E-state index in [0.717, 1.165) is 22.7 Å². The molecule has 0 aromatic heterocycles. The van der Waals surface area contributed by atoms with Gasteiger partial charge in [0, 0.05) is 10.7 Å². The first kappa shape index (κ1) is 13.6. The third-order valence-electron chi connectivity index (χ3n) is 2.66. The Balaban J connectivity index is 1.79. The van der Waals surface area contributed by atoms with Crippen molar-refractivity contribution in [2.45, 2.75) is 6.92 Å². The Bertz CT molecular complexity index is 558. The summed E-state index contributed by atoms with van der Waals surface area (Å²) < 4.78 is 11.1. The van der Waals surface area contributed by atoms with Crippen molar-refractivity contribution in [2.24, 2.45) is 0 Å². The van der Waals surface area contributed by atoms with Crippen LogP contribution in [0, 0.1) is 6.92 Å². The maximum Gasteiger partial charge on any atom is 0.122 e. The smallest absolute Gasteiger partial charge is 0.122 e. The second-order valence-corrected chi connectivity index (χ2v) is 4.61. The van der Waals surface area contributed by atoms with Gasteiger partial charge in [0.15, 0.2) is 0 Å². The van der Waals surface area contributed by atoms with E-state index in [2.05, 4.69) is 0 Å². The molecule has 0 heterocycles. The molecule has 2 N–H and O–H groups in total. The van der Waals surface area contributed by atoms with Crippen LogP contribution in [0.2, 0.25) is 5.02 Å². The van der Waals surface area contributed by atoms with Crippen LogP contribution >= 0.6 is 11.6 Å². The number of hydrogen-bond donors (Lipinski definition) is 1. The minimum absolute atomic E-state index is 0.462. The molecule has 0 spiro atoms. The second-order valence-electron chi connectivity index (χ2n) is 4.17. The van der Waals surface area contributed by atoms with Crippen molar-refractivity contribution in [3.05, 3.63) is 53.1 Å². The fourth-order valence-corrected chi connectivity index (χ4v) is 1.79. The van der Waals surface area contributed by atoms with E-state index in [0.29, 0.717) is 18.2 Å². The van der Waals surface area contributed by atoms with E-state index in [9.17, 15) is 0 Å². The number of rotatable bonds is 5. The summed E-state index contributed by atoms with van der Waals surface area (Å²) in [6.07, 6.45) is 0. The summed E-state index contributed by atoms with van der Waals surface area (Å²) in [6.45, 7) is 2.88. The fraction of sp³-hybridized carbons (Fsp3) is 0.200. The number of nitrogens with two attached hydrogens (primary N) is 1. The molecule has 19 heavy (non-hydrogen) atoms. The molecule has 0 amide bonds. The van der Waals surface area contributed by atoms with E-state index < -0.39 is 0 Å². The highest BCUT2D eigenvalue weighted by Crippen LogP contribution is 2.19. The first-order chi connectivity index (χ1) is 9.15. The summed E-state index contributed by atoms with van der Waals surface area (Å²) in [7, 11) is 0. The zero-order chi connectivity index (χ0) is 13.7. The highest BCUT2D eigenvalue weighted by molar-refractivity contribution is 6.30. The van der Waals surface area contributed by atoms with E-state index in [1.165, 1.54) is 0 Å². The van der Waals surface area contributed by atoms with Crippen molar-refractivity contribution in [1.29, 1.82) is 0 Å². The predicted octanol–water partition coefficient (Wildman–Crippen LogP) is 3.69. The molecule has 2 aromatic carbocycles. The normalized spacial score (nSPS) is 10.2. The number of benzene rings is 2. The summed E-state index contributed by atoms with van der Waals surface area (Å²) >= 11 is 5.86. The molecule has 0 aliphatic heterocycles. The van der Waals surface area contributed by atoms with E-state index in [-0.39, 0.29) is 0 Å². The monoisotopic (exact) mass is 277 g/mol. The molecule has 0 atom stereocenters. The van der Waals surface area contributed by atoms with Gasteiger partial charge in [0.05, 0.1) is 0 Å². The van der Waals surface area contributed by atoms with Gasteiger partial charge in [-0.1, -0.05) is 17.7 Å². The number of ether oxygens (including phenoxy) is 2. The summed E-state index contributed by atoms with van der Waals surface area (Å²) in [4.78, 5) is 0. The quantitative estimate of drug-likeness (QED) is 0.670. The largest absolute Gasteiger partial charge is 0.490 e. The fourth-order valence-electron chi connectivity index (χ4n) is 1.61. The maximum absolute atomic E-state index is 5.86. The molecular formula is C15H16ClNO2. The van der Waals surface area contributed by atoms with Gasteiger partial charge in [0.25, 0.3) is 0 Å². The molecule has 0 saturated carbocycles. The first-order valence-electron chi connectivity index (χ1n) is 6.02. The highest BCUT2D eigenvalue weighted by Gasteiger charge is 1.99. The van der Waals surface area contributed by atoms with Gasteiger partial charge >= 0.3 is 0 Å². The van der Waals surface area contributed by atoms with Crippen LogP contribution in [0.5, 0.6) is 11.5 Å². The molecular weight excluding hydrogens is 262 g/mol. The van der Waals surface area contributed by atoms with Crippen LogP contribution in [0.15, 0.2) is 42.5 Å². The van der Waals surface area contributed by atoms with Crippen LogP contribution in [0.25, 0.3) is 0 Å². The van der Waals surface area contributed by atoms with Gasteiger partial charge in [-0.15, -0.1) is 0 Å². The molecule has 0 saturated heterocycles. The minimum Gasteiger partial charge on any atom is -0.490 e. The molecule has 0 radical (unpaired) electrons. The molecule has 0 aliphatic carbocycles. The molecule has 4 heteroatoms. The Morgan fingerprint density at radius 1 is 1.00 bits per heavy atom. The lowest BCUT2D eigenvalue weighted by Crippen LogP contribution is -2.09. The van der Waals surface area contributed by atoms with Gasteiger partial charge in [0.2, 0.25) is 0 Å². The average molecular weight is 278 g/mol. The molecule has 2 rings (SSSR count). The molecule has 2 aromatic rings. The average Bonchev–Trinajstić information content (AvgIpc) is 2.39. The number of halogens is 1. The molecule has 3 nitrogen and oxygen atoms in total. The Hall–Kier alpha value is -1.87. The predicted molar refractivity (Wildman–Crippen MR) is 78.0 cm³/mol. The number of anilines is 1. The van der Waals surface area contributed by atoms with Crippen LogP contribution < -0.4 is 15.2 Å². The Morgan fingerprint density at radius 3 is 2.32 bits per heavy atom. The highest BCUT2D eigenvalue weighted by atomic mass is 35.5. The second kappa shape index (κ2) is 6.34. The van der Waals surface area contributed by atoms with Crippen LogP contribution in [-0.4, -0.2) is 13.2 Å². The van der Waals surface area contributed by atoms with E-state index in [4.69, 9.17) is 26.8 Å². The van der Waals surface area contributed by atoms with Crippen molar-refractivity contribution in [1.82, 2.24) is 0 Å². The SMILES string of the molecule is Cc1cc(OCCOc2cccc(Cl)c2)ccc1N. The molecule has 100 valence electrons. The minimum atomic E-state index is 0.462. The number of aryl methyl sites for hydroxylation is 1.